The van der Waals surface area contributed by atoms with E-state index in [0.29, 0.717) is 13.2 Å². The second-order valence-electron chi connectivity index (χ2n) is 6.04. The highest BCUT2D eigenvalue weighted by Gasteiger charge is 2.18. The summed E-state index contributed by atoms with van der Waals surface area (Å²) in [6.07, 6.45) is 0. The molecule has 7 nitrogen and oxygen atoms in total. The highest BCUT2D eigenvalue weighted by Crippen LogP contribution is 2.25. The Morgan fingerprint density at radius 3 is 2.59 bits per heavy atom. The molecule has 1 aliphatic rings. The lowest BCUT2D eigenvalue weighted by atomic mass is 10.1. The third-order valence-corrected chi connectivity index (χ3v) is 5.11. The second kappa shape index (κ2) is 7.73. The summed E-state index contributed by atoms with van der Waals surface area (Å²) in [4.78, 5) is 16.4. The lowest BCUT2D eigenvalue weighted by Crippen LogP contribution is -2.48. The summed E-state index contributed by atoms with van der Waals surface area (Å²) in [5.41, 5.74) is 2.63. The molecule has 0 bridgehead atoms. The Balaban J connectivity index is 1.86. The number of thiazole rings is 1. The monoisotopic (exact) mass is 382 g/mol. The van der Waals surface area contributed by atoms with Gasteiger partial charge in [-0.15, -0.1) is 11.3 Å². The van der Waals surface area contributed by atoms with Gasteiger partial charge < -0.3 is 9.75 Å². The van der Waals surface area contributed by atoms with Crippen LogP contribution >= 0.6 is 11.3 Å². The van der Waals surface area contributed by atoms with E-state index in [1.807, 2.05) is 41.8 Å². The normalized spacial score (nSPS) is 15.1. The molecule has 0 amide bonds. The van der Waals surface area contributed by atoms with Crippen LogP contribution in [0.5, 0.6) is 0 Å². The van der Waals surface area contributed by atoms with Gasteiger partial charge in [-0.2, -0.15) is 0 Å². The van der Waals surface area contributed by atoms with Crippen LogP contribution in [-0.2, 0) is 4.74 Å². The Hall–Kier alpha value is -2.97. The first-order chi connectivity index (χ1) is 13.2. The Bertz CT molecular complexity index is 1010. The highest BCUT2D eigenvalue weighted by atomic mass is 32.1. The molecule has 0 aliphatic carbocycles. The molecular weight excluding hydrogens is 364 g/mol. The minimum absolute atomic E-state index is 0.0776. The van der Waals surface area contributed by atoms with Crippen molar-refractivity contribution in [3.63, 3.8) is 0 Å². The maximum absolute atomic E-state index is 11.2. The number of benzene rings is 2. The third-order valence-electron chi connectivity index (χ3n) is 4.29. The van der Waals surface area contributed by atoms with Crippen molar-refractivity contribution in [1.82, 2.24) is 4.68 Å². The molecule has 0 radical (unpaired) electrons. The first-order valence-electron chi connectivity index (χ1n) is 8.60. The van der Waals surface area contributed by atoms with Gasteiger partial charge in [0.2, 0.25) is 4.80 Å². The number of aromatic nitrogens is 1. The lowest BCUT2D eigenvalue weighted by Gasteiger charge is -2.31. The van der Waals surface area contributed by atoms with E-state index in [0.717, 1.165) is 34.8 Å². The van der Waals surface area contributed by atoms with Crippen molar-refractivity contribution in [3.8, 4) is 11.3 Å². The summed E-state index contributed by atoms with van der Waals surface area (Å²) in [5.74, 6) is 0. The van der Waals surface area contributed by atoms with Crippen LogP contribution < -0.4 is 9.81 Å². The minimum atomic E-state index is -0.371. The van der Waals surface area contributed by atoms with Crippen LogP contribution in [-0.4, -0.2) is 35.9 Å². The molecule has 4 rings (SSSR count). The van der Waals surface area contributed by atoms with Crippen molar-refractivity contribution >= 4 is 22.7 Å². The maximum atomic E-state index is 11.2. The van der Waals surface area contributed by atoms with E-state index in [-0.39, 0.29) is 10.6 Å². The van der Waals surface area contributed by atoms with E-state index in [4.69, 9.17) is 9.73 Å². The number of nitro benzene ring substituents is 1. The standard InChI is InChI=1S/C19H18N4O3S/c24-23(25)17-8-4-5-15(13-17)18-14-27-19(20-16-6-2-1-3-7-16)22(18)21-9-11-26-12-10-21/h1-8,13-14H,9-12H2. The Morgan fingerprint density at radius 1 is 1.07 bits per heavy atom. The zero-order valence-electron chi connectivity index (χ0n) is 14.5. The smallest absolute Gasteiger partial charge is 0.270 e. The largest absolute Gasteiger partial charge is 0.378 e. The molecule has 0 spiro atoms. The molecule has 1 saturated heterocycles. The van der Waals surface area contributed by atoms with Gasteiger partial charge in [-0.3, -0.25) is 10.1 Å². The number of rotatable bonds is 4. The number of nitro groups is 1. The molecule has 0 unspecified atom stereocenters. The van der Waals surface area contributed by atoms with Crippen LogP contribution in [0.2, 0.25) is 0 Å². The van der Waals surface area contributed by atoms with Gasteiger partial charge in [-0.05, 0) is 12.1 Å². The Kier molecular flexibility index (Phi) is 4.99. The number of hydrogen-bond acceptors (Lipinski definition) is 6. The van der Waals surface area contributed by atoms with Crippen molar-refractivity contribution in [2.75, 3.05) is 31.3 Å². The molecule has 2 heterocycles. The van der Waals surface area contributed by atoms with Crippen molar-refractivity contribution in [2.24, 2.45) is 4.99 Å². The third kappa shape index (κ3) is 3.76. The molecule has 0 atom stereocenters. The molecule has 3 aromatic rings. The van der Waals surface area contributed by atoms with E-state index in [1.54, 1.807) is 12.1 Å². The van der Waals surface area contributed by atoms with Crippen molar-refractivity contribution < 1.29 is 9.66 Å². The fourth-order valence-corrected chi connectivity index (χ4v) is 3.92. The predicted octanol–water partition coefficient (Wildman–Crippen LogP) is 3.33. The summed E-state index contributed by atoms with van der Waals surface area (Å²) < 4.78 is 7.54. The van der Waals surface area contributed by atoms with Crippen LogP contribution in [0.25, 0.3) is 11.3 Å². The molecule has 0 saturated carbocycles. The molecule has 1 aromatic heterocycles. The summed E-state index contributed by atoms with van der Waals surface area (Å²) in [7, 11) is 0. The fraction of sp³-hybridized carbons (Fsp3) is 0.211. The van der Waals surface area contributed by atoms with Gasteiger partial charge >= 0.3 is 0 Å². The van der Waals surface area contributed by atoms with E-state index < -0.39 is 0 Å². The Morgan fingerprint density at radius 2 is 1.85 bits per heavy atom. The number of morpholine rings is 1. The summed E-state index contributed by atoms with van der Waals surface area (Å²) >= 11 is 1.52. The average Bonchev–Trinajstić information content (AvgIpc) is 3.13. The van der Waals surface area contributed by atoms with E-state index in [2.05, 4.69) is 9.69 Å². The van der Waals surface area contributed by atoms with Crippen LogP contribution in [0, 0.1) is 10.1 Å². The number of non-ortho nitro benzene ring substituents is 1. The van der Waals surface area contributed by atoms with Gasteiger partial charge in [0.1, 0.15) is 0 Å². The zero-order valence-corrected chi connectivity index (χ0v) is 15.3. The number of ether oxygens (including phenoxy) is 1. The quantitative estimate of drug-likeness (QED) is 0.512. The molecule has 27 heavy (non-hydrogen) atoms. The average molecular weight is 382 g/mol. The van der Waals surface area contributed by atoms with E-state index in [1.165, 1.54) is 17.4 Å². The predicted molar refractivity (Wildman–Crippen MR) is 105 cm³/mol. The number of para-hydroxylation sites is 1. The van der Waals surface area contributed by atoms with Crippen molar-refractivity contribution in [1.29, 1.82) is 0 Å². The number of hydrogen-bond donors (Lipinski definition) is 0. The summed E-state index contributed by atoms with van der Waals surface area (Å²) in [6.45, 7) is 2.76. The topological polar surface area (TPSA) is 72.9 Å². The fourth-order valence-electron chi connectivity index (χ4n) is 2.99. The van der Waals surface area contributed by atoms with Gasteiger partial charge in [0.25, 0.3) is 5.69 Å². The Labute approximate surface area is 159 Å². The first-order valence-corrected chi connectivity index (χ1v) is 9.48. The van der Waals surface area contributed by atoms with Gasteiger partial charge in [-0.1, -0.05) is 30.3 Å². The highest BCUT2D eigenvalue weighted by molar-refractivity contribution is 7.07. The first kappa shape index (κ1) is 17.4. The molecule has 2 aromatic carbocycles. The molecule has 138 valence electrons. The number of nitrogens with zero attached hydrogens (tertiary/aromatic N) is 4. The maximum Gasteiger partial charge on any atom is 0.270 e. The van der Waals surface area contributed by atoms with Crippen molar-refractivity contribution in [2.45, 2.75) is 0 Å². The van der Waals surface area contributed by atoms with Gasteiger partial charge in [0.05, 0.1) is 42.6 Å². The van der Waals surface area contributed by atoms with E-state index in [9.17, 15) is 10.1 Å². The van der Waals surface area contributed by atoms with Crippen LogP contribution in [0.3, 0.4) is 0 Å². The minimum Gasteiger partial charge on any atom is -0.378 e. The SMILES string of the molecule is O=[N+]([O-])c1cccc(-c2csc(=Nc3ccccc3)n2N2CCOCC2)c1. The summed E-state index contributed by atoms with van der Waals surface area (Å²) in [5, 5.41) is 15.3. The molecule has 0 N–H and O–H groups in total. The van der Waals surface area contributed by atoms with Crippen molar-refractivity contribution in [3.05, 3.63) is 74.9 Å². The molecule has 1 aliphatic heterocycles. The van der Waals surface area contributed by atoms with Crippen LogP contribution in [0.1, 0.15) is 0 Å². The second-order valence-corrected chi connectivity index (χ2v) is 6.87. The van der Waals surface area contributed by atoms with E-state index >= 15 is 0 Å². The molecule has 8 heteroatoms. The van der Waals surface area contributed by atoms with Crippen LogP contribution in [0.15, 0.2) is 65.0 Å². The summed E-state index contributed by atoms with van der Waals surface area (Å²) in [6, 6.07) is 16.5. The van der Waals surface area contributed by atoms with Crippen LogP contribution in [0.4, 0.5) is 11.4 Å². The van der Waals surface area contributed by atoms with Gasteiger partial charge in [-0.25, -0.2) is 9.67 Å². The van der Waals surface area contributed by atoms with Gasteiger partial charge in [0.15, 0.2) is 0 Å². The lowest BCUT2D eigenvalue weighted by molar-refractivity contribution is -0.384. The zero-order chi connectivity index (χ0) is 18.6. The van der Waals surface area contributed by atoms with Gasteiger partial charge in [0, 0.05) is 23.1 Å². The molecular formula is C19H18N4O3S. The molecule has 1 fully saturated rings.